The van der Waals surface area contributed by atoms with Gasteiger partial charge in [-0.25, -0.2) is 0 Å². The molecule has 0 aromatic heterocycles. The van der Waals surface area contributed by atoms with E-state index in [2.05, 4.69) is 10.6 Å². The molecular formula is C23H31ClN2O4. The summed E-state index contributed by atoms with van der Waals surface area (Å²) in [5.74, 6) is 1.91. The van der Waals surface area contributed by atoms with E-state index in [0.717, 1.165) is 24.1 Å². The highest BCUT2D eigenvalue weighted by Crippen LogP contribution is 2.27. The number of halogens is 1. The van der Waals surface area contributed by atoms with E-state index in [1.54, 1.807) is 26.4 Å². The van der Waals surface area contributed by atoms with Gasteiger partial charge in [0.15, 0.2) is 18.1 Å². The van der Waals surface area contributed by atoms with Gasteiger partial charge < -0.3 is 24.8 Å². The van der Waals surface area contributed by atoms with Crippen LogP contribution in [0.2, 0.25) is 5.02 Å². The van der Waals surface area contributed by atoms with Crippen LogP contribution in [0.1, 0.15) is 31.9 Å². The second-order valence-corrected chi connectivity index (χ2v) is 8.39. The van der Waals surface area contributed by atoms with Crippen LogP contribution in [0.3, 0.4) is 0 Å². The van der Waals surface area contributed by atoms with Crippen molar-refractivity contribution in [2.45, 2.75) is 39.3 Å². The largest absolute Gasteiger partial charge is 0.493 e. The first-order valence-corrected chi connectivity index (χ1v) is 10.2. The second kappa shape index (κ2) is 11.1. The van der Waals surface area contributed by atoms with Gasteiger partial charge in [-0.05, 0) is 69.6 Å². The number of rotatable bonds is 10. The number of amides is 1. The van der Waals surface area contributed by atoms with Gasteiger partial charge >= 0.3 is 0 Å². The summed E-state index contributed by atoms with van der Waals surface area (Å²) in [5, 5.41) is 6.91. The van der Waals surface area contributed by atoms with E-state index in [0.29, 0.717) is 28.8 Å². The van der Waals surface area contributed by atoms with E-state index in [-0.39, 0.29) is 18.1 Å². The molecule has 0 fully saturated rings. The number of carbonyl (C=O) groups excluding carboxylic acids is 1. The molecule has 7 heteroatoms. The Kier molecular flexibility index (Phi) is 8.81. The summed E-state index contributed by atoms with van der Waals surface area (Å²) >= 11 is 6.15. The molecule has 2 N–H and O–H groups in total. The Balaban J connectivity index is 1.90. The third-order valence-corrected chi connectivity index (χ3v) is 4.48. The zero-order valence-electron chi connectivity index (χ0n) is 18.3. The Morgan fingerprint density at radius 3 is 2.37 bits per heavy atom. The van der Waals surface area contributed by atoms with Crippen molar-refractivity contribution in [3.05, 3.63) is 52.5 Å². The lowest BCUT2D eigenvalue weighted by Gasteiger charge is -2.21. The first-order chi connectivity index (χ1) is 14.2. The van der Waals surface area contributed by atoms with Gasteiger partial charge in [0.05, 0.1) is 14.2 Å². The number of nitrogens with one attached hydrogen (secondary N) is 2. The van der Waals surface area contributed by atoms with Crippen molar-refractivity contribution in [1.82, 2.24) is 10.6 Å². The minimum atomic E-state index is -0.297. The third-order valence-electron chi connectivity index (χ3n) is 4.25. The van der Waals surface area contributed by atoms with Crippen molar-refractivity contribution in [1.29, 1.82) is 0 Å². The molecular weight excluding hydrogens is 404 g/mol. The van der Waals surface area contributed by atoms with Gasteiger partial charge in [-0.15, -0.1) is 0 Å². The monoisotopic (exact) mass is 434 g/mol. The molecule has 0 aliphatic carbocycles. The number of carbonyl (C=O) groups is 1. The normalized spacial score (nSPS) is 11.1. The maximum absolute atomic E-state index is 12.0. The lowest BCUT2D eigenvalue weighted by atomic mass is 10.1. The average molecular weight is 435 g/mol. The van der Waals surface area contributed by atoms with Crippen molar-refractivity contribution in [2.75, 3.05) is 27.4 Å². The van der Waals surface area contributed by atoms with E-state index in [4.69, 9.17) is 25.8 Å². The second-order valence-electron chi connectivity index (χ2n) is 7.96. The van der Waals surface area contributed by atoms with Crippen molar-refractivity contribution in [3.63, 3.8) is 0 Å². The predicted octanol–water partition coefficient (Wildman–Crippen LogP) is 3.98. The molecule has 0 saturated carbocycles. The van der Waals surface area contributed by atoms with E-state index in [9.17, 15) is 4.79 Å². The fourth-order valence-electron chi connectivity index (χ4n) is 2.92. The van der Waals surface area contributed by atoms with Gasteiger partial charge in [0.25, 0.3) is 5.91 Å². The molecule has 0 heterocycles. The fourth-order valence-corrected chi connectivity index (χ4v) is 3.11. The van der Waals surface area contributed by atoms with Crippen molar-refractivity contribution < 1.29 is 19.0 Å². The van der Waals surface area contributed by atoms with Crippen LogP contribution >= 0.6 is 11.6 Å². The molecule has 0 aliphatic heterocycles. The third kappa shape index (κ3) is 7.76. The van der Waals surface area contributed by atoms with E-state index in [1.807, 2.05) is 45.0 Å². The molecule has 0 atom stereocenters. The molecule has 0 unspecified atom stereocenters. The van der Waals surface area contributed by atoms with Crippen molar-refractivity contribution >= 4 is 17.5 Å². The molecule has 2 aromatic carbocycles. The van der Waals surface area contributed by atoms with E-state index >= 15 is 0 Å². The summed E-state index contributed by atoms with van der Waals surface area (Å²) in [6.45, 7) is 7.08. The molecule has 0 spiro atoms. The van der Waals surface area contributed by atoms with Gasteiger partial charge in [-0.3, -0.25) is 4.79 Å². The summed E-state index contributed by atoms with van der Waals surface area (Å²) in [6.07, 6.45) is 0.825. The van der Waals surface area contributed by atoms with E-state index < -0.39 is 0 Å². The average Bonchev–Trinajstić information content (AvgIpc) is 2.69. The summed E-state index contributed by atoms with van der Waals surface area (Å²) in [4.78, 5) is 12.0. The number of hydrogen-bond acceptors (Lipinski definition) is 5. The summed E-state index contributed by atoms with van der Waals surface area (Å²) < 4.78 is 16.3. The number of hydrogen-bond donors (Lipinski definition) is 2. The van der Waals surface area contributed by atoms with Gasteiger partial charge in [0.1, 0.15) is 5.75 Å². The summed E-state index contributed by atoms with van der Waals surface area (Å²) in [7, 11) is 3.25. The van der Waals surface area contributed by atoms with Crippen LogP contribution in [0.25, 0.3) is 0 Å². The standard InChI is InChI=1S/C23H31ClN2O4/c1-23(2,3)26-22(27)15-30-19-9-7-18(24)13-17(19)14-25-11-10-16-6-8-20(28-4)21(12-16)29-5/h6-9,12-13,25H,10-11,14-15H2,1-5H3,(H,26,27). The number of benzene rings is 2. The summed E-state index contributed by atoms with van der Waals surface area (Å²) in [6, 6.07) is 11.3. The fraction of sp³-hybridized carbons (Fsp3) is 0.435. The first-order valence-electron chi connectivity index (χ1n) is 9.85. The van der Waals surface area contributed by atoms with Crippen LogP contribution in [0, 0.1) is 0 Å². The minimum absolute atomic E-state index is 0.0441. The lowest BCUT2D eigenvalue weighted by molar-refractivity contribution is -0.124. The predicted molar refractivity (Wildman–Crippen MR) is 120 cm³/mol. The van der Waals surface area contributed by atoms with Gasteiger partial charge in [-0.2, -0.15) is 0 Å². The van der Waals surface area contributed by atoms with Crippen LogP contribution in [-0.2, 0) is 17.8 Å². The Hall–Kier alpha value is -2.44. The molecule has 2 rings (SSSR count). The van der Waals surface area contributed by atoms with Crippen molar-refractivity contribution in [2.24, 2.45) is 0 Å². The van der Waals surface area contributed by atoms with Crippen LogP contribution in [0.4, 0.5) is 0 Å². The molecule has 0 bridgehead atoms. The number of ether oxygens (including phenoxy) is 3. The van der Waals surface area contributed by atoms with Crippen LogP contribution in [-0.4, -0.2) is 38.8 Å². The highest BCUT2D eigenvalue weighted by Gasteiger charge is 2.15. The molecule has 164 valence electrons. The maximum Gasteiger partial charge on any atom is 0.258 e. The minimum Gasteiger partial charge on any atom is -0.493 e. The van der Waals surface area contributed by atoms with Crippen LogP contribution in [0.5, 0.6) is 17.2 Å². The maximum atomic E-state index is 12.0. The Morgan fingerprint density at radius 1 is 1.00 bits per heavy atom. The molecule has 0 radical (unpaired) electrons. The lowest BCUT2D eigenvalue weighted by Crippen LogP contribution is -2.43. The Bertz CT molecular complexity index is 850. The molecule has 0 saturated heterocycles. The highest BCUT2D eigenvalue weighted by atomic mass is 35.5. The molecule has 6 nitrogen and oxygen atoms in total. The molecule has 0 aliphatic rings. The Morgan fingerprint density at radius 2 is 1.70 bits per heavy atom. The van der Waals surface area contributed by atoms with Crippen molar-refractivity contribution in [3.8, 4) is 17.2 Å². The van der Waals surface area contributed by atoms with Crippen LogP contribution in [0.15, 0.2) is 36.4 Å². The van der Waals surface area contributed by atoms with E-state index in [1.165, 1.54) is 0 Å². The SMILES string of the molecule is COc1ccc(CCNCc2cc(Cl)ccc2OCC(=O)NC(C)(C)C)cc1OC. The molecule has 1 amide bonds. The summed E-state index contributed by atoms with van der Waals surface area (Å²) in [5.41, 5.74) is 1.74. The Labute approximate surface area is 183 Å². The quantitative estimate of drug-likeness (QED) is 0.553. The molecule has 2 aromatic rings. The smallest absolute Gasteiger partial charge is 0.258 e. The van der Waals surface area contributed by atoms with Gasteiger partial charge in [-0.1, -0.05) is 17.7 Å². The molecule has 30 heavy (non-hydrogen) atoms. The topological polar surface area (TPSA) is 68.8 Å². The van der Waals surface area contributed by atoms with Gasteiger partial charge in [0.2, 0.25) is 0 Å². The number of methoxy groups -OCH3 is 2. The van der Waals surface area contributed by atoms with Crippen LogP contribution < -0.4 is 24.8 Å². The first kappa shape index (κ1) is 23.8. The zero-order chi connectivity index (χ0) is 22.1. The highest BCUT2D eigenvalue weighted by molar-refractivity contribution is 6.30. The van der Waals surface area contributed by atoms with Gasteiger partial charge in [0, 0.05) is 22.7 Å². The zero-order valence-corrected chi connectivity index (χ0v) is 19.1.